The van der Waals surface area contributed by atoms with E-state index in [9.17, 15) is 9.18 Å². The van der Waals surface area contributed by atoms with Gasteiger partial charge in [-0.3, -0.25) is 10.1 Å². The van der Waals surface area contributed by atoms with Crippen LogP contribution < -0.4 is 5.32 Å². The van der Waals surface area contributed by atoms with E-state index in [0.717, 1.165) is 42.7 Å². The summed E-state index contributed by atoms with van der Waals surface area (Å²) in [5.41, 5.74) is 0.321. The Labute approximate surface area is 145 Å². The Bertz CT molecular complexity index is 695. The van der Waals surface area contributed by atoms with E-state index in [4.69, 9.17) is 0 Å². The maximum absolute atomic E-state index is 13.2. The minimum Gasteiger partial charge on any atom is -0.300 e. The lowest BCUT2D eigenvalue weighted by molar-refractivity contribution is -0.124. The summed E-state index contributed by atoms with van der Waals surface area (Å²) in [6.07, 6.45) is 6.92. The van der Waals surface area contributed by atoms with Crippen LogP contribution in [0.5, 0.6) is 0 Å². The minimum absolute atomic E-state index is 0.0587. The Morgan fingerprint density at radius 2 is 2.00 bits per heavy atom. The molecule has 1 fully saturated rings. The van der Waals surface area contributed by atoms with Crippen molar-refractivity contribution >= 4 is 22.4 Å². The summed E-state index contributed by atoms with van der Waals surface area (Å²) >= 11 is 1.45. The van der Waals surface area contributed by atoms with Gasteiger partial charge in [0.1, 0.15) is 10.8 Å². The molecule has 0 unspecified atom stereocenters. The lowest BCUT2D eigenvalue weighted by atomic mass is 9.64. The van der Waals surface area contributed by atoms with E-state index in [1.807, 2.05) is 0 Å². The number of amides is 1. The van der Waals surface area contributed by atoms with E-state index in [-0.39, 0.29) is 11.7 Å². The molecule has 2 aromatic rings. The first kappa shape index (κ1) is 17.0. The molecule has 0 spiro atoms. The SMILES string of the molecule is CCCCCc1nnc(NC(=O)C2(c3ccc(F)cc3)CCC2)s1. The third-order valence-corrected chi connectivity index (χ3v) is 5.62. The zero-order chi connectivity index (χ0) is 17.0. The van der Waals surface area contributed by atoms with Gasteiger partial charge in [0, 0.05) is 6.42 Å². The van der Waals surface area contributed by atoms with Gasteiger partial charge in [0.25, 0.3) is 0 Å². The van der Waals surface area contributed by atoms with Crippen LogP contribution in [-0.4, -0.2) is 16.1 Å². The number of aryl methyl sites for hydroxylation is 1. The summed E-state index contributed by atoms with van der Waals surface area (Å²) in [6.45, 7) is 2.17. The van der Waals surface area contributed by atoms with Crippen molar-refractivity contribution in [2.24, 2.45) is 0 Å². The molecule has 1 N–H and O–H groups in total. The Morgan fingerprint density at radius 1 is 1.25 bits per heavy atom. The standard InChI is InChI=1S/C18H22FN3OS/c1-2-3-4-6-15-21-22-17(24-15)20-16(23)18(11-5-12-18)13-7-9-14(19)10-8-13/h7-10H,2-6,11-12H2,1H3,(H,20,22,23). The number of benzene rings is 1. The van der Waals surface area contributed by atoms with Gasteiger partial charge in [-0.25, -0.2) is 4.39 Å². The van der Waals surface area contributed by atoms with Crippen molar-refractivity contribution in [3.8, 4) is 0 Å². The summed E-state index contributed by atoms with van der Waals surface area (Å²) in [5.74, 6) is -0.342. The van der Waals surface area contributed by atoms with Gasteiger partial charge in [-0.2, -0.15) is 0 Å². The zero-order valence-electron chi connectivity index (χ0n) is 13.8. The molecule has 0 radical (unpaired) electrons. The molecule has 1 aliphatic carbocycles. The number of hydrogen-bond donors (Lipinski definition) is 1. The fourth-order valence-corrected chi connectivity index (χ4v) is 3.87. The smallest absolute Gasteiger partial charge is 0.236 e. The Morgan fingerprint density at radius 3 is 2.62 bits per heavy atom. The molecule has 1 aromatic carbocycles. The molecule has 128 valence electrons. The molecule has 1 saturated carbocycles. The van der Waals surface area contributed by atoms with Gasteiger partial charge in [0.05, 0.1) is 5.41 Å². The van der Waals surface area contributed by atoms with Crippen molar-refractivity contribution in [1.29, 1.82) is 0 Å². The lowest BCUT2D eigenvalue weighted by Gasteiger charge is -2.40. The number of nitrogens with zero attached hydrogens (tertiary/aromatic N) is 2. The van der Waals surface area contributed by atoms with E-state index in [0.29, 0.717) is 5.13 Å². The molecular formula is C18H22FN3OS. The van der Waals surface area contributed by atoms with Gasteiger partial charge in [-0.05, 0) is 37.0 Å². The summed E-state index contributed by atoms with van der Waals surface area (Å²) in [7, 11) is 0. The summed E-state index contributed by atoms with van der Waals surface area (Å²) < 4.78 is 13.2. The highest BCUT2D eigenvalue weighted by atomic mass is 32.1. The molecule has 1 heterocycles. The first-order valence-corrected chi connectivity index (χ1v) is 9.35. The van der Waals surface area contributed by atoms with Crippen molar-refractivity contribution in [1.82, 2.24) is 10.2 Å². The normalized spacial score (nSPS) is 15.8. The van der Waals surface area contributed by atoms with Crippen molar-refractivity contribution < 1.29 is 9.18 Å². The molecule has 0 bridgehead atoms. The van der Waals surface area contributed by atoms with E-state index < -0.39 is 5.41 Å². The minimum atomic E-state index is -0.554. The van der Waals surface area contributed by atoms with Gasteiger partial charge >= 0.3 is 0 Å². The number of rotatable bonds is 7. The number of carbonyl (C=O) groups excluding carboxylic acids is 1. The molecule has 1 amide bonds. The Hall–Kier alpha value is -1.82. The highest BCUT2D eigenvalue weighted by Crippen LogP contribution is 2.44. The van der Waals surface area contributed by atoms with Gasteiger partial charge in [-0.1, -0.05) is 49.7 Å². The molecule has 1 aliphatic rings. The summed E-state index contributed by atoms with van der Waals surface area (Å²) in [4.78, 5) is 12.8. The number of anilines is 1. The third-order valence-electron chi connectivity index (χ3n) is 4.72. The quantitative estimate of drug-likeness (QED) is 0.752. The second kappa shape index (κ2) is 7.38. The van der Waals surface area contributed by atoms with Crippen molar-refractivity contribution in [2.45, 2.75) is 57.3 Å². The van der Waals surface area contributed by atoms with Crippen LogP contribution >= 0.6 is 11.3 Å². The molecule has 1 aromatic heterocycles. The molecule has 4 nitrogen and oxygen atoms in total. The number of unbranched alkanes of at least 4 members (excludes halogenated alkanes) is 2. The van der Waals surface area contributed by atoms with E-state index in [2.05, 4.69) is 22.4 Å². The van der Waals surface area contributed by atoms with E-state index in [1.54, 1.807) is 12.1 Å². The highest BCUT2D eigenvalue weighted by Gasteiger charge is 2.45. The first-order chi connectivity index (χ1) is 11.6. The largest absolute Gasteiger partial charge is 0.300 e. The summed E-state index contributed by atoms with van der Waals surface area (Å²) in [6, 6.07) is 6.26. The van der Waals surface area contributed by atoms with Crippen LogP contribution in [0.3, 0.4) is 0 Å². The molecular weight excluding hydrogens is 325 g/mol. The van der Waals surface area contributed by atoms with Gasteiger partial charge in [0.2, 0.25) is 11.0 Å². The van der Waals surface area contributed by atoms with Crippen LogP contribution in [0.2, 0.25) is 0 Å². The zero-order valence-corrected chi connectivity index (χ0v) is 14.7. The predicted octanol–water partition coefficient (Wildman–Crippen LogP) is 4.47. The highest BCUT2D eigenvalue weighted by molar-refractivity contribution is 7.15. The summed E-state index contributed by atoms with van der Waals surface area (Å²) in [5, 5.41) is 12.7. The van der Waals surface area contributed by atoms with Crippen LogP contribution in [0, 0.1) is 5.82 Å². The number of nitrogens with one attached hydrogen (secondary N) is 1. The third kappa shape index (κ3) is 3.48. The Balaban J connectivity index is 1.68. The fraction of sp³-hybridized carbons (Fsp3) is 0.500. The predicted molar refractivity (Wildman–Crippen MR) is 93.7 cm³/mol. The number of halogens is 1. The van der Waals surface area contributed by atoms with Crippen LogP contribution in [0.4, 0.5) is 9.52 Å². The molecule has 24 heavy (non-hydrogen) atoms. The second-order valence-electron chi connectivity index (χ2n) is 6.35. The average molecular weight is 347 g/mol. The topological polar surface area (TPSA) is 54.9 Å². The van der Waals surface area contributed by atoms with Gasteiger partial charge in [-0.15, -0.1) is 10.2 Å². The number of hydrogen-bond acceptors (Lipinski definition) is 4. The molecule has 0 saturated heterocycles. The maximum Gasteiger partial charge on any atom is 0.236 e. The van der Waals surface area contributed by atoms with Crippen LogP contribution in [-0.2, 0) is 16.6 Å². The fourth-order valence-electron chi connectivity index (χ4n) is 3.09. The van der Waals surface area contributed by atoms with Gasteiger partial charge in [0.15, 0.2) is 0 Å². The average Bonchev–Trinajstić information content (AvgIpc) is 2.96. The van der Waals surface area contributed by atoms with E-state index >= 15 is 0 Å². The Kier molecular flexibility index (Phi) is 5.23. The second-order valence-corrected chi connectivity index (χ2v) is 7.42. The lowest BCUT2D eigenvalue weighted by Crippen LogP contribution is -2.46. The molecule has 0 aliphatic heterocycles. The molecule has 6 heteroatoms. The maximum atomic E-state index is 13.2. The number of aromatic nitrogens is 2. The first-order valence-electron chi connectivity index (χ1n) is 8.54. The van der Waals surface area contributed by atoms with Crippen LogP contribution in [0.15, 0.2) is 24.3 Å². The van der Waals surface area contributed by atoms with Crippen LogP contribution in [0.1, 0.15) is 56.0 Å². The van der Waals surface area contributed by atoms with Crippen molar-refractivity contribution in [2.75, 3.05) is 5.32 Å². The molecule has 0 atom stereocenters. The number of carbonyl (C=O) groups is 1. The van der Waals surface area contributed by atoms with Crippen molar-refractivity contribution in [3.05, 3.63) is 40.7 Å². The monoisotopic (exact) mass is 347 g/mol. The molecule has 3 rings (SSSR count). The van der Waals surface area contributed by atoms with E-state index in [1.165, 1.54) is 36.3 Å². The van der Waals surface area contributed by atoms with Crippen LogP contribution in [0.25, 0.3) is 0 Å². The van der Waals surface area contributed by atoms with Crippen molar-refractivity contribution in [3.63, 3.8) is 0 Å². The van der Waals surface area contributed by atoms with Gasteiger partial charge < -0.3 is 0 Å².